The van der Waals surface area contributed by atoms with Gasteiger partial charge in [0.2, 0.25) is 5.88 Å². The predicted molar refractivity (Wildman–Crippen MR) is 166 cm³/mol. The molecule has 12 heteroatoms. The Morgan fingerprint density at radius 1 is 1.20 bits per heavy atom. The van der Waals surface area contributed by atoms with Crippen molar-refractivity contribution in [3.05, 3.63) is 92.4 Å². The van der Waals surface area contributed by atoms with Crippen molar-refractivity contribution in [2.75, 3.05) is 25.6 Å². The van der Waals surface area contributed by atoms with Crippen LogP contribution in [0.4, 0.5) is 5.69 Å². The summed E-state index contributed by atoms with van der Waals surface area (Å²) in [6.07, 6.45) is 0.143. The number of rotatable bonds is 8. The van der Waals surface area contributed by atoms with Crippen LogP contribution >= 0.6 is 11.6 Å². The Kier molecular flexibility index (Phi) is 9.37. The maximum Gasteiger partial charge on any atom is 0.279 e. The minimum Gasteiger partial charge on any atom is -0.481 e. The Labute approximate surface area is 259 Å². The standard InChI is InChI=1S/C32H31ClN6O5/c1-18-21(6-5-9-25(18)36-30(41)24-14-20(15-34)38-39(2)32(24)42)22-7-4-8-23(29(22)33)26-11-10-19(31(37-26)43-3)16-35-27-12-13-44-17-28(27)40/h4-11,14,27-28,35,40H,12-13,16-17H2,1-3H3,(H,36,41). The molecule has 1 saturated heterocycles. The Morgan fingerprint density at radius 2 is 1.95 bits per heavy atom. The third-order valence-electron chi connectivity index (χ3n) is 7.58. The van der Waals surface area contributed by atoms with Gasteiger partial charge in [-0.25, -0.2) is 9.67 Å². The highest BCUT2D eigenvalue weighted by Crippen LogP contribution is 2.39. The van der Waals surface area contributed by atoms with Gasteiger partial charge in [0.05, 0.1) is 30.5 Å². The topological polar surface area (TPSA) is 151 Å². The number of aromatic nitrogens is 3. The molecule has 0 spiro atoms. The number of nitriles is 1. The van der Waals surface area contributed by atoms with E-state index in [9.17, 15) is 20.0 Å². The zero-order valence-corrected chi connectivity index (χ0v) is 25.2. The number of hydrogen-bond acceptors (Lipinski definition) is 9. The second-order valence-electron chi connectivity index (χ2n) is 10.4. The zero-order valence-electron chi connectivity index (χ0n) is 24.4. The van der Waals surface area contributed by atoms with Crippen LogP contribution in [0.3, 0.4) is 0 Å². The van der Waals surface area contributed by atoms with Crippen molar-refractivity contribution < 1.29 is 19.4 Å². The number of nitrogens with one attached hydrogen (secondary N) is 2. The fourth-order valence-corrected chi connectivity index (χ4v) is 5.47. The van der Waals surface area contributed by atoms with Gasteiger partial charge in [-0.05, 0) is 42.7 Å². The van der Waals surface area contributed by atoms with Crippen LogP contribution < -0.4 is 20.9 Å². The molecule has 0 aliphatic carbocycles. The lowest BCUT2D eigenvalue weighted by Gasteiger charge is -2.28. The number of pyridine rings is 1. The number of benzene rings is 2. The molecule has 4 aromatic rings. The third kappa shape index (κ3) is 6.34. The molecule has 1 amide bonds. The first-order chi connectivity index (χ1) is 21.2. The van der Waals surface area contributed by atoms with E-state index < -0.39 is 17.6 Å². The fraction of sp³-hybridized carbons (Fsp3) is 0.281. The Bertz CT molecular complexity index is 1820. The van der Waals surface area contributed by atoms with E-state index in [0.29, 0.717) is 54.0 Å². The molecule has 1 aliphatic heterocycles. The summed E-state index contributed by atoms with van der Waals surface area (Å²) in [5.41, 5.74) is 4.02. The average molecular weight is 615 g/mol. The average Bonchev–Trinajstić information content (AvgIpc) is 3.03. The lowest BCUT2D eigenvalue weighted by Crippen LogP contribution is -2.46. The van der Waals surface area contributed by atoms with Crippen molar-refractivity contribution >= 4 is 23.2 Å². The Hall–Kier alpha value is -4.60. The van der Waals surface area contributed by atoms with Crippen molar-refractivity contribution in [3.63, 3.8) is 0 Å². The summed E-state index contributed by atoms with van der Waals surface area (Å²) < 4.78 is 11.9. The molecular weight excluding hydrogens is 584 g/mol. The maximum absolute atomic E-state index is 13.1. The minimum absolute atomic E-state index is 0.0426. The van der Waals surface area contributed by atoms with Gasteiger partial charge >= 0.3 is 0 Å². The molecule has 0 radical (unpaired) electrons. The minimum atomic E-state index is -0.651. The number of carbonyl (C=O) groups is 1. The molecule has 1 aliphatic rings. The lowest BCUT2D eigenvalue weighted by atomic mass is 9.96. The van der Waals surface area contributed by atoms with Gasteiger partial charge in [0.15, 0.2) is 5.69 Å². The summed E-state index contributed by atoms with van der Waals surface area (Å²) in [6.45, 7) is 3.22. The SMILES string of the molecule is COc1nc(-c2cccc(-c3cccc(NC(=O)c4cc(C#N)nn(C)c4=O)c3C)c2Cl)ccc1CNC1CCOCC1O. The Balaban J connectivity index is 1.42. The molecule has 2 atom stereocenters. The van der Waals surface area contributed by atoms with E-state index in [1.54, 1.807) is 19.2 Å². The van der Waals surface area contributed by atoms with E-state index in [0.717, 1.165) is 26.9 Å². The van der Waals surface area contributed by atoms with E-state index in [1.165, 1.54) is 13.1 Å². The van der Waals surface area contributed by atoms with Crippen LogP contribution in [-0.4, -0.2) is 58.2 Å². The quantitative estimate of drug-likeness (QED) is 0.269. The first-order valence-corrected chi connectivity index (χ1v) is 14.3. The van der Waals surface area contributed by atoms with Gasteiger partial charge in [-0.3, -0.25) is 9.59 Å². The van der Waals surface area contributed by atoms with Crippen LogP contribution in [0.15, 0.2) is 59.4 Å². The van der Waals surface area contributed by atoms with Crippen molar-refractivity contribution in [3.8, 4) is 34.3 Å². The molecule has 2 aromatic heterocycles. The molecule has 3 N–H and O–H groups in total. The Morgan fingerprint density at radius 3 is 2.70 bits per heavy atom. The second-order valence-corrected chi connectivity index (χ2v) is 10.7. The molecule has 2 unspecified atom stereocenters. The van der Waals surface area contributed by atoms with E-state index in [1.807, 2.05) is 49.4 Å². The van der Waals surface area contributed by atoms with Gasteiger partial charge in [-0.15, -0.1) is 0 Å². The summed E-state index contributed by atoms with van der Waals surface area (Å²) >= 11 is 6.99. The fourth-order valence-electron chi connectivity index (χ4n) is 5.15. The number of methoxy groups -OCH3 is 1. The number of aryl methyl sites for hydroxylation is 1. The summed E-state index contributed by atoms with van der Waals surface area (Å²) in [5, 5.41) is 29.9. The van der Waals surface area contributed by atoms with Crippen LogP contribution in [0.1, 0.15) is 33.6 Å². The van der Waals surface area contributed by atoms with Gasteiger partial charge in [0.25, 0.3) is 11.5 Å². The largest absolute Gasteiger partial charge is 0.481 e. The second kappa shape index (κ2) is 13.4. The number of nitrogens with zero attached hydrogens (tertiary/aromatic N) is 4. The number of aliphatic hydroxyl groups is 1. The molecular formula is C32H31ClN6O5. The normalized spacial score (nSPS) is 16.3. The van der Waals surface area contributed by atoms with Crippen LogP contribution in [-0.2, 0) is 18.3 Å². The highest BCUT2D eigenvalue weighted by molar-refractivity contribution is 6.36. The number of carbonyl (C=O) groups excluding carboxylic acids is 1. The van der Waals surface area contributed by atoms with Crippen LogP contribution in [0.5, 0.6) is 5.88 Å². The van der Waals surface area contributed by atoms with Gasteiger partial charge in [-0.1, -0.05) is 48.0 Å². The highest BCUT2D eigenvalue weighted by Gasteiger charge is 2.24. The van der Waals surface area contributed by atoms with Gasteiger partial charge in [0, 0.05) is 48.6 Å². The number of anilines is 1. The van der Waals surface area contributed by atoms with E-state index in [-0.39, 0.29) is 17.3 Å². The molecule has 44 heavy (non-hydrogen) atoms. The first-order valence-electron chi connectivity index (χ1n) is 13.9. The van der Waals surface area contributed by atoms with E-state index in [2.05, 4.69) is 15.7 Å². The molecule has 5 rings (SSSR count). The van der Waals surface area contributed by atoms with E-state index >= 15 is 0 Å². The maximum atomic E-state index is 13.1. The number of hydrogen-bond donors (Lipinski definition) is 3. The van der Waals surface area contributed by atoms with Crippen LogP contribution in [0.2, 0.25) is 5.02 Å². The number of aliphatic hydroxyl groups excluding tert-OH is 1. The summed E-state index contributed by atoms with van der Waals surface area (Å²) in [4.78, 5) is 30.3. The molecule has 11 nitrogen and oxygen atoms in total. The molecule has 0 saturated carbocycles. The smallest absolute Gasteiger partial charge is 0.279 e. The zero-order chi connectivity index (χ0) is 31.4. The van der Waals surface area contributed by atoms with Crippen molar-refractivity contribution in [1.29, 1.82) is 5.26 Å². The number of halogens is 1. The summed E-state index contributed by atoms with van der Waals surface area (Å²) in [6, 6.07) is 17.8. The predicted octanol–water partition coefficient (Wildman–Crippen LogP) is 3.84. The van der Waals surface area contributed by atoms with Crippen LogP contribution in [0.25, 0.3) is 22.4 Å². The number of ether oxygens (including phenoxy) is 2. The van der Waals surface area contributed by atoms with Crippen molar-refractivity contribution in [2.45, 2.75) is 32.0 Å². The molecule has 2 aromatic carbocycles. The van der Waals surface area contributed by atoms with Gasteiger partial charge in [-0.2, -0.15) is 10.4 Å². The molecule has 0 bridgehead atoms. The highest BCUT2D eigenvalue weighted by atomic mass is 35.5. The summed E-state index contributed by atoms with van der Waals surface area (Å²) in [5.74, 6) is -0.206. The molecule has 226 valence electrons. The van der Waals surface area contributed by atoms with Crippen molar-refractivity contribution in [2.24, 2.45) is 7.05 Å². The van der Waals surface area contributed by atoms with Gasteiger partial charge < -0.3 is 25.2 Å². The van der Waals surface area contributed by atoms with Gasteiger partial charge in [0.1, 0.15) is 11.6 Å². The molecule has 3 heterocycles. The van der Waals surface area contributed by atoms with Crippen molar-refractivity contribution in [1.82, 2.24) is 20.1 Å². The van der Waals surface area contributed by atoms with Crippen LogP contribution in [0, 0.1) is 18.3 Å². The third-order valence-corrected chi connectivity index (χ3v) is 7.99. The lowest BCUT2D eigenvalue weighted by molar-refractivity contribution is -0.0281. The molecule has 1 fully saturated rings. The number of amides is 1. The monoisotopic (exact) mass is 614 g/mol. The van der Waals surface area contributed by atoms with E-state index in [4.69, 9.17) is 26.1 Å². The first kappa shape index (κ1) is 30.8. The summed E-state index contributed by atoms with van der Waals surface area (Å²) in [7, 11) is 2.94.